The number of carbonyl (C=O) groups excluding carboxylic acids is 1. The maximum Gasteiger partial charge on any atom is 0.287 e. The van der Waals surface area contributed by atoms with E-state index in [-0.39, 0.29) is 17.6 Å². The molecular formula is C23H22BrN3O2. The van der Waals surface area contributed by atoms with Crippen LogP contribution in [0.3, 0.4) is 0 Å². The minimum absolute atomic E-state index is 0.00437. The predicted molar refractivity (Wildman–Crippen MR) is 120 cm³/mol. The van der Waals surface area contributed by atoms with Crippen LogP contribution in [0.25, 0.3) is 10.9 Å². The Morgan fingerprint density at radius 3 is 2.55 bits per heavy atom. The summed E-state index contributed by atoms with van der Waals surface area (Å²) in [6, 6.07) is 20.0. The van der Waals surface area contributed by atoms with Crippen LogP contribution in [0.2, 0.25) is 0 Å². The van der Waals surface area contributed by atoms with E-state index in [0.717, 1.165) is 27.7 Å². The summed E-state index contributed by atoms with van der Waals surface area (Å²) < 4.78 is 5.92. The fourth-order valence-electron chi connectivity index (χ4n) is 3.51. The zero-order valence-corrected chi connectivity index (χ0v) is 17.9. The standard InChI is InChI=1S/C23H22BrN3O2/c1-27(2)16-9-7-15(8-10-16)18(13-26-23(28)21-11-12-22(24)29-21)19-14-25-20-6-4-3-5-17(19)20/h3-12,14,18,25H,13H2,1-2H3,(H,26,28)/t18-/m1/s1. The maximum atomic E-state index is 12.5. The van der Waals surface area contributed by atoms with Crippen molar-refractivity contribution in [2.75, 3.05) is 25.5 Å². The van der Waals surface area contributed by atoms with Crippen LogP contribution in [0.4, 0.5) is 5.69 Å². The number of amides is 1. The molecule has 0 fully saturated rings. The van der Waals surface area contributed by atoms with Crippen molar-refractivity contribution in [1.29, 1.82) is 0 Å². The normalized spacial score (nSPS) is 12.1. The topological polar surface area (TPSA) is 61.3 Å². The first-order valence-corrected chi connectivity index (χ1v) is 10.2. The zero-order valence-electron chi connectivity index (χ0n) is 16.3. The van der Waals surface area contributed by atoms with Crippen LogP contribution in [0.5, 0.6) is 0 Å². The molecule has 6 heteroatoms. The Hall–Kier alpha value is -2.99. The molecule has 0 unspecified atom stereocenters. The summed E-state index contributed by atoms with van der Waals surface area (Å²) >= 11 is 3.24. The first-order chi connectivity index (χ1) is 14.0. The van der Waals surface area contributed by atoms with E-state index in [0.29, 0.717) is 11.2 Å². The molecule has 2 N–H and O–H groups in total. The highest BCUT2D eigenvalue weighted by Crippen LogP contribution is 2.31. The van der Waals surface area contributed by atoms with E-state index in [1.807, 2.05) is 32.4 Å². The summed E-state index contributed by atoms with van der Waals surface area (Å²) in [5, 5.41) is 4.18. The average Bonchev–Trinajstić information content (AvgIpc) is 3.35. The third-order valence-corrected chi connectivity index (χ3v) is 5.50. The molecule has 2 aromatic heterocycles. The molecule has 148 valence electrons. The number of H-pyrrole nitrogens is 1. The minimum atomic E-state index is -0.231. The largest absolute Gasteiger partial charge is 0.444 e. The lowest BCUT2D eigenvalue weighted by Crippen LogP contribution is -2.28. The summed E-state index contributed by atoms with van der Waals surface area (Å²) in [5.74, 6) is 0.0627. The van der Waals surface area contributed by atoms with Gasteiger partial charge in [-0.2, -0.15) is 0 Å². The minimum Gasteiger partial charge on any atom is -0.444 e. The number of carbonyl (C=O) groups is 1. The van der Waals surface area contributed by atoms with Gasteiger partial charge in [-0.1, -0.05) is 30.3 Å². The monoisotopic (exact) mass is 451 g/mol. The molecular weight excluding hydrogens is 430 g/mol. The van der Waals surface area contributed by atoms with Crippen LogP contribution in [0.1, 0.15) is 27.6 Å². The van der Waals surface area contributed by atoms with Crippen LogP contribution >= 0.6 is 15.9 Å². The van der Waals surface area contributed by atoms with Crippen LogP contribution in [0, 0.1) is 0 Å². The second kappa shape index (κ2) is 8.17. The molecule has 29 heavy (non-hydrogen) atoms. The molecule has 0 radical (unpaired) electrons. The van der Waals surface area contributed by atoms with Gasteiger partial charge in [0.1, 0.15) is 0 Å². The first kappa shape index (κ1) is 19.3. The third-order valence-electron chi connectivity index (χ3n) is 5.07. The van der Waals surface area contributed by atoms with Crippen molar-refractivity contribution in [3.05, 3.63) is 88.4 Å². The van der Waals surface area contributed by atoms with Gasteiger partial charge in [-0.15, -0.1) is 0 Å². The SMILES string of the molecule is CN(C)c1ccc([C@@H](CNC(=O)c2ccc(Br)o2)c2c[nH]c3ccccc23)cc1. The smallest absolute Gasteiger partial charge is 0.287 e. The Morgan fingerprint density at radius 1 is 1.10 bits per heavy atom. The number of furan rings is 1. The lowest BCUT2D eigenvalue weighted by Gasteiger charge is -2.19. The Kier molecular flexibility index (Phi) is 5.45. The number of para-hydroxylation sites is 1. The van der Waals surface area contributed by atoms with Crippen molar-refractivity contribution < 1.29 is 9.21 Å². The van der Waals surface area contributed by atoms with E-state index >= 15 is 0 Å². The molecule has 4 rings (SSSR count). The molecule has 5 nitrogen and oxygen atoms in total. The molecule has 1 atom stereocenters. The Morgan fingerprint density at radius 2 is 1.86 bits per heavy atom. The van der Waals surface area contributed by atoms with Crippen molar-refractivity contribution in [1.82, 2.24) is 10.3 Å². The van der Waals surface area contributed by atoms with E-state index in [4.69, 9.17) is 4.42 Å². The van der Waals surface area contributed by atoms with E-state index in [1.54, 1.807) is 12.1 Å². The third kappa shape index (κ3) is 4.07. The molecule has 2 heterocycles. The Labute approximate surface area is 177 Å². The number of rotatable bonds is 6. The zero-order chi connectivity index (χ0) is 20.4. The molecule has 0 spiro atoms. The number of nitrogens with zero attached hydrogens (tertiary/aromatic N) is 1. The van der Waals surface area contributed by atoms with Crippen molar-refractivity contribution >= 4 is 38.4 Å². The van der Waals surface area contributed by atoms with Crippen molar-refractivity contribution in [3.63, 3.8) is 0 Å². The van der Waals surface area contributed by atoms with E-state index in [1.165, 1.54) is 0 Å². The van der Waals surface area contributed by atoms with E-state index < -0.39 is 0 Å². The van der Waals surface area contributed by atoms with E-state index in [9.17, 15) is 4.79 Å². The fraction of sp³-hybridized carbons (Fsp3) is 0.174. The maximum absolute atomic E-state index is 12.5. The van der Waals surface area contributed by atoms with Gasteiger partial charge in [-0.05, 0) is 57.4 Å². The molecule has 0 aliphatic carbocycles. The molecule has 0 bridgehead atoms. The Bertz CT molecular complexity index is 1130. The molecule has 0 aliphatic rings. The summed E-state index contributed by atoms with van der Waals surface area (Å²) in [7, 11) is 4.04. The molecule has 1 amide bonds. The number of halogens is 1. The van der Waals surface area contributed by atoms with Crippen LogP contribution < -0.4 is 10.2 Å². The number of aromatic amines is 1. The number of benzene rings is 2. The highest BCUT2D eigenvalue weighted by atomic mass is 79.9. The van der Waals surface area contributed by atoms with Gasteiger partial charge in [0.05, 0.1) is 0 Å². The second-order valence-electron chi connectivity index (χ2n) is 7.14. The lowest BCUT2D eigenvalue weighted by molar-refractivity contribution is 0.0923. The van der Waals surface area contributed by atoms with Crippen LogP contribution in [-0.2, 0) is 0 Å². The Balaban J connectivity index is 1.66. The highest BCUT2D eigenvalue weighted by Gasteiger charge is 2.20. The summed E-state index contributed by atoms with van der Waals surface area (Å²) in [5.41, 5.74) is 4.51. The van der Waals surface area contributed by atoms with Crippen molar-refractivity contribution in [2.45, 2.75) is 5.92 Å². The summed E-state index contributed by atoms with van der Waals surface area (Å²) in [6.07, 6.45) is 2.03. The molecule has 4 aromatic rings. The van der Waals surface area contributed by atoms with Gasteiger partial charge in [-0.25, -0.2) is 0 Å². The number of hydrogen-bond donors (Lipinski definition) is 2. The lowest BCUT2D eigenvalue weighted by atomic mass is 9.90. The molecule has 2 aromatic carbocycles. The van der Waals surface area contributed by atoms with Crippen LogP contribution in [-0.4, -0.2) is 31.5 Å². The number of anilines is 1. The predicted octanol–water partition coefficient (Wildman–Crippen LogP) is 5.15. The van der Waals surface area contributed by atoms with Gasteiger partial charge in [0.15, 0.2) is 10.4 Å². The fourth-order valence-corrected chi connectivity index (χ4v) is 3.82. The highest BCUT2D eigenvalue weighted by molar-refractivity contribution is 9.10. The van der Waals surface area contributed by atoms with Gasteiger partial charge in [-0.3, -0.25) is 4.79 Å². The van der Waals surface area contributed by atoms with Crippen molar-refractivity contribution in [3.8, 4) is 0 Å². The number of nitrogens with one attached hydrogen (secondary N) is 2. The van der Waals surface area contributed by atoms with Gasteiger partial charge in [0, 0.05) is 49.3 Å². The number of fused-ring (bicyclic) bond motifs is 1. The van der Waals surface area contributed by atoms with Crippen molar-refractivity contribution in [2.24, 2.45) is 0 Å². The quantitative estimate of drug-likeness (QED) is 0.425. The van der Waals surface area contributed by atoms with Gasteiger partial charge in [0.25, 0.3) is 5.91 Å². The summed E-state index contributed by atoms with van der Waals surface area (Å²) in [6.45, 7) is 0.459. The van der Waals surface area contributed by atoms with Gasteiger partial charge < -0.3 is 19.6 Å². The van der Waals surface area contributed by atoms with Crippen LogP contribution in [0.15, 0.2) is 75.9 Å². The molecule has 0 aliphatic heterocycles. The second-order valence-corrected chi connectivity index (χ2v) is 7.92. The first-order valence-electron chi connectivity index (χ1n) is 9.40. The number of aromatic nitrogens is 1. The summed E-state index contributed by atoms with van der Waals surface area (Å²) in [4.78, 5) is 17.9. The van der Waals surface area contributed by atoms with Gasteiger partial charge >= 0.3 is 0 Å². The molecule has 0 saturated heterocycles. The van der Waals surface area contributed by atoms with E-state index in [2.05, 4.69) is 67.5 Å². The van der Waals surface area contributed by atoms with Gasteiger partial charge in [0.2, 0.25) is 0 Å². The number of hydrogen-bond acceptors (Lipinski definition) is 3. The molecule has 0 saturated carbocycles. The average molecular weight is 452 g/mol.